The first kappa shape index (κ1) is 23.4. The number of methoxy groups -OCH3 is 4. The summed E-state index contributed by atoms with van der Waals surface area (Å²) in [5.41, 5.74) is 1.38. The van der Waals surface area contributed by atoms with Crippen LogP contribution in [-0.2, 0) is 9.53 Å². The molecule has 172 valence electrons. The van der Waals surface area contributed by atoms with Crippen LogP contribution in [0.4, 0.5) is 0 Å². The van der Waals surface area contributed by atoms with Gasteiger partial charge in [-0.25, -0.2) is 0 Å². The van der Waals surface area contributed by atoms with E-state index in [9.17, 15) is 9.59 Å². The van der Waals surface area contributed by atoms with E-state index in [-0.39, 0.29) is 17.7 Å². The molecule has 1 aliphatic heterocycles. The number of ether oxygens (including phenoxy) is 4. The summed E-state index contributed by atoms with van der Waals surface area (Å²) in [5, 5.41) is 2.92. The van der Waals surface area contributed by atoms with Gasteiger partial charge in [0.05, 0.1) is 33.9 Å². The topological polar surface area (TPSA) is 86.3 Å². The van der Waals surface area contributed by atoms with Gasteiger partial charge in [-0.15, -0.1) is 0 Å². The van der Waals surface area contributed by atoms with Crippen LogP contribution in [-0.4, -0.2) is 71.4 Å². The first-order chi connectivity index (χ1) is 15.5. The molecule has 1 N–H and O–H groups in total. The number of para-hydroxylation sites is 1. The van der Waals surface area contributed by atoms with Crippen LogP contribution in [0, 0.1) is 5.92 Å². The van der Waals surface area contributed by atoms with Crippen molar-refractivity contribution in [3.05, 3.63) is 53.6 Å². The summed E-state index contributed by atoms with van der Waals surface area (Å²) in [5.74, 6) is 0.905. The molecule has 0 aliphatic carbocycles. The maximum Gasteiger partial charge on any atom is 0.253 e. The predicted octanol–water partition coefficient (Wildman–Crippen LogP) is 2.33. The Bertz CT molecular complexity index is 931. The zero-order valence-corrected chi connectivity index (χ0v) is 18.9. The van der Waals surface area contributed by atoms with Gasteiger partial charge < -0.3 is 29.2 Å². The lowest BCUT2D eigenvalue weighted by Crippen LogP contribution is -2.37. The van der Waals surface area contributed by atoms with Gasteiger partial charge in [0.2, 0.25) is 5.91 Å². The number of rotatable bonds is 9. The van der Waals surface area contributed by atoms with E-state index in [0.717, 1.165) is 5.56 Å². The highest BCUT2D eigenvalue weighted by Crippen LogP contribution is 2.42. The van der Waals surface area contributed by atoms with Gasteiger partial charge in [-0.2, -0.15) is 0 Å². The Balaban J connectivity index is 1.90. The third-order valence-corrected chi connectivity index (χ3v) is 5.72. The molecule has 2 aromatic carbocycles. The van der Waals surface area contributed by atoms with Crippen LogP contribution < -0.4 is 19.5 Å². The van der Waals surface area contributed by atoms with Crippen molar-refractivity contribution in [1.82, 2.24) is 10.2 Å². The average Bonchev–Trinajstić information content (AvgIpc) is 3.28. The molecule has 1 aliphatic rings. The first-order valence-electron chi connectivity index (χ1n) is 10.4. The second-order valence-electron chi connectivity index (χ2n) is 7.52. The number of carbonyl (C=O) groups excluding carboxylic acids is 2. The minimum absolute atomic E-state index is 0.123. The summed E-state index contributed by atoms with van der Waals surface area (Å²) in [4.78, 5) is 28.0. The van der Waals surface area contributed by atoms with E-state index in [1.54, 1.807) is 57.6 Å². The van der Waals surface area contributed by atoms with Gasteiger partial charge in [0, 0.05) is 43.8 Å². The second-order valence-corrected chi connectivity index (χ2v) is 7.52. The third-order valence-electron chi connectivity index (χ3n) is 5.72. The highest BCUT2D eigenvalue weighted by atomic mass is 16.5. The molecular formula is C24H30N2O6. The van der Waals surface area contributed by atoms with E-state index in [4.69, 9.17) is 18.9 Å². The van der Waals surface area contributed by atoms with Crippen molar-refractivity contribution in [1.29, 1.82) is 0 Å². The van der Waals surface area contributed by atoms with Crippen molar-refractivity contribution in [3.8, 4) is 17.2 Å². The molecule has 2 amide bonds. The highest BCUT2D eigenvalue weighted by Gasteiger charge is 2.42. The lowest BCUT2D eigenvalue weighted by Gasteiger charge is -2.21. The van der Waals surface area contributed by atoms with Gasteiger partial charge in [0.25, 0.3) is 5.91 Å². The Morgan fingerprint density at radius 1 is 0.969 bits per heavy atom. The number of hydrogen-bond donors (Lipinski definition) is 1. The van der Waals surface area contributed by atoms with E-state index in [2.05, 4.69) is 5.32 Å². The summed E-state index contributed by atoms with van der Waals surface area (Å²) in [7, 11) is 6.31. The lowest BCUT2D eigenvalue weighted by atomic mass is 9.87. The molecule has 3 rings (SSSR count). The van der Waals surface area contributed by atoms with Gasteiger partial charge in [-0.1, -0.05) is 12.1 Å². The number of nitrogens with zero attached hydrogens (tertiary/aromatic N) is 1. The van der Waals surface area contributed by atoms with E-state index >= 15 is 0 Å². The van der Waals surface area contributed by atoms with Crippen LogP contribution in [0.2, 0.25) is 0 Å². The van der Waals surface area contributed by atoms with Gasteiger partial charge in [-0.05, 0) is 30.3 Å². The van der Waals surface area contributed by atoms with Crippen molar-refractivity contribution in [2.45, 2.75) is 5.92 Å². The fourth-order valence-electron chi connectivity index (χ4n) is 4.08. The largest absolute Gasteiger partial charge is 0.497 e. The zero-order valence-electron chi connectivity index (χ0n) is 18.9. The van der Waals surface area contributed by atoms with Crippen molar-refractivity contribution < 1.29 is 28.5 Å². The van der Waals surface area contributed by atoms with Gasteiger partial charge >= 0.3 is 0 Å². The number of amides is 2. The molecule has 8 nitrogen and oxygen atoms in total. The minimum atomic E-state index is -0.435. The average molecular weight is 443 g/mol. The summed E-state index contributed by atoms with van der Waals surface area (Å²) < 4.78 is 21.3. The maximum atomic E-state index is 13.2. The Kier molecular flexibility index (Phi) is 7.94. The Labute approximate surface area is 188 Å². The minimum Gasteiger partial charge on any atom is -0.497 e. The van der Waals surface area contributed by atoms with Crippen molar-refractivity contribution >= 4 is 11.8 Å². The molecular weight excluding hydrogens is 412 g/mol. The summed E-state index contributed by atoms with van der Waals surface area (Å²) in [6, 6.07) is 12.6. The van der Waals surface area contributed by atoms with Crippen LogP contribution in [0.5, 0.6) is 17.2 Å². The molecule has 32 heavy (non-hydrogen) atoms. The Morgan fingerprint density at radius 3 is 2.34 bits per heavy atom. The third kappa shape index (κ3) is 4.96. The number of nitrogens with one attached hydrogen (secondary N) is 1. The normalized spacial score (nSPS) is 17.7. The molecule has 8 heteroatoms. The summed E-state index contributed by atoms with van der Waals surface area (Å²) in [6.45, 7) is 1.51. The monoisotopic (exact) mass is 442 g/mol. The molecule has 0 spiro atoms. The molecule has 0 bridgehead atoms. The molecule has 1 fully saturated rings. The SMILES string of the molecule is COCCNC(=O)[C@H]1CN(C(=O)c2ccc(OC)cc2)C[C@@H]1c1cccc(OC)c1OC. The first-order valence-corrected chi connectivity index (χ1v) is 10.4. The molecule has 1 saturated heterocycles. The highest BCUT2D eigenvalue weighted by molar-refractivity contribution is 5.95. The number of benzene rings is 2. The number of carbonyl (C=O) groups is 2. The van der Waals surface area contributed by atoms with Crippen molar-refractivity contribution in [2.75, 3.05) is 54.7 Å². The fourth-order valence-corrected chi connectivity index (χ4v) is 4.08. The van der Waals surface area contributed by atoms with Crippen LogP contribution in [0.1, 0.15) is 21.8 Å². The molecule has 0 radical (unpaired) electrons. The number of hydrogen-bond acceptors (Lipinski definition) is 6. The quantitative estimate of drug-likeness (QED) is 0.600. The van der Waals surface area contributed by atoms with Crippen molar-refractivity contribution in [2.24, 2.45) is 5.92 Å². The van der Waals surface area contributed by atoms with Crippen molar-refractivity contribution in [3.63, 3.8) is 0 Å². The van der Waals surface area contributed by atoms with Crippen LogP contribution >= 0.6 is 0 Å². The van der Waals surface area contributed by atoms with E-state index in [1.165, 1.54) is 0 Å². The lowest BCUT2D eigenvalue weighted by molar-refractivity contribution is -0.125. The Hall–Kier alpha value is -3.26. The fraction of sp³-hybridized carbons (Fsp3) is 0.417. The maximum absolute atomic E-state index is 13.2. The molecule has 1 heterocycles. The molecule has 0 saturated carbocycles. The molecule has 2 atom stereocenters. The summed E-state index contributed by atoms with van der Waals surface area (Å²) in [6.07, 6.45) is 0. The Morgan fingerprint density at radius 2 is 1.72 bits per heavy atom. The van der Waals surface area contributed by atoms with E-state index in [0.29, 0.717) is 49.1 Å². The van der Waals surface area contributed by atoms with Crippen LogP contribution in [0.15, 0.2) is 42.5 Å². The van der Waals surface area contributed by atoms with E-state index in [1.807, 2.05) is 18.2 Å². The predicted molar refractivity (Wildman–Crippen MR) is 120 cm³/mol. The van der Waals surface area contributed by atoms with Crippen LogP contribution in [0.3, 0.4) is 0 Å². The second kappa shape index (κ2) is 10.9. The van der Waals surface area contributed by atoms with Gasteiger partial charge in [0.1, 0.15) is 5.75 Å². The zero-order chi connectivity index (χ0) is 23.1. The van der Waals surface area contributed by atoms with Crippen LogP contribution in [0.25, 0.3) is 0 Å². The summed E-state index contributed by atoms with van der Waals surface area (Å²) >= 11 is 0. The number of likely N-dealkylation sites (tertiary alicyclic amines) is 1. The molecule has 2 aromatic rings. The molecule has 0 aromatic heterocycles. The van der Waals surface area contributed by atoms with Gasteiger partial charge in [-0.3, -0.25) is 9.59 Å². The molecule has 0 unspecified atom stereocenters. The van der Waals surface area contributed by atoms with E-state index < -0.39 is 5.92 Å². The smallest absolute Gasteiger partial charge is 0.253 e. The van der Waals surface area contributed by atoms with Gasteiger partial charge in [0.15, 0.2) is 11.5 Å². The standard InChI is InChI=1S/C24H30N2O6/c1-29-13-12-25-23(27)20-15-26(24(28)16-8-10-17(30-2)11-9-16)14-19(20)18-6-5-7-21(31-3)22(18)32-4/h5-11,19-20H,12-15H2,1-4H3,(H,25,27)/t19-,20+/m1/s1.